The molecule has 0 radical (unpaired) electrons. The number of aryl methyl sites for hydroxylation is 2. The molecule has 3 heteroatoms. The predicted octanol–water partition coefficient (Wildman–Crippen LogP) is 4.96. The van der Waals surface area contributed by atoms with Gasteiger partial charge < -0.3 is 8.98 Å². The molecular weight excluding hydrogens is 284 g/mol. The zero-order valence-electron chi connectivity index (χ0n) is 13.3. The molecule has 2 heterocycles. The van der Waals surface area contributed by atoms with Gasteiger partial charge in [0.2, 0.25) is 0 Å². The summed E-state index contributed by atoms with van der Waals surface area (Å²) < 4.78 is 8.03. The number of rotatable bonds is 3. The van der Waals surface area contributed by atoms with Crippen LogP contribution in [-0.2, 0) is 6.54 Å². The van der Waals surface area contributed by atoms with Crippen molar-refractivity contribution in [3.8, 4) is 11.6 Å². The Hall–Kier alpha value is -2.81. The Morgan fingerprint density at radius 2 is 1.70 bits per heavy atom. The lowest BCUT2D eigenvalue weighted by atomic mass is 10.1. The molecule has 0 unspecified atom stereocenters. The molecule has 0 aliphatic carbocycles. The number of para-hydroxylation sites is 2. The van der Waals surface area contributed by atoms with E-state index in [0.717, 1.165) is 34.9 Å². The van der Waals surface area contributed by atoms with E-state index >= 15 is 0 Å². The molecule has 0 spiro atoms. The third-order valence-corrected chi connectivity index (χ3v) is 4.08. The Morgan fingerprint density at radius 1 is 0.913 bits per heavy atom. The predicted molar refractivity (Wildman–Crippen MR) is 92.5 cm³/mol. The third kappa shape index (κ3) is 2.55. The zero-order valence-corrected chi connectivity index (χ0v) is 13.3. The van der Waals surface area contributed by atoms with E-state index in [4.69, 9.17) is 9.40 Å². The van der Waals surface area contributed by atoms with Crippen molar-refractivity contribution in [1.29, 1.82) is 0 Å². The molecule has 4 aromatic rings. The average Bonchev–Trinajstić information content (AvgIpc) is 3.14. The van der Waals surface area contributed by atoms with E-state index in [1.54, 1.807) is 0 Å². The number of fused-ring (bicyclic) bond motifs is 1. The second-order valence-corrected chi connectivity index (χ2v) is 5.91. The van der Waals surface area contributed by atoms with E-state index < -0.39 is 0 Å². The molecule has 0 atom stereocenters. The van der Waals surface area contributed by atoms with Crippen molar-refractivity contribution >= 4 is 11.0 Å². The number of benzene rings is 2. The van der Waals surface area contributed by atoms with E-state index in [1.807, 2.05) is 37.3 Å². The van der Waals surface area contributed by atoms with Gasteiger partial charge in [-0.15, -0.1) is 0 Å². The molecule has 2 aromatic carbocycles. The first-order valence-corrected chi connectivity index (χ1v) is 7.78. The van der Waals surface area contributed by atoms with Crippen LogP contribution in [0.2, 0.25) is 0 Å². The molecule has 4 rings (SSSR count). The van der Waals surface area contributed by atoms with E-state index in [1.165, 1.54) is 11.1 Å². The standard InChI is InChI=1S/C20H18N2O/c1-14-7-10-16(11-8-14)13-22-18-6-4-3-5-17(18)21-20(22)19-12-9-15(2)23-19/h3-12H,13H2,1-2H3. The minimum absolute atomic E-state index is 0.774. The Bertz CT molecular complexity index is 961. The van der Waals surface area contributed by atoms with Gasteiger partial charge in [0.25, 0.3) is 0 Å². The fourth-order valence-corrected chi connectivity index (χ4v) is 2.85. The van der Waals surface area contributed by atoms with E-state index in [0.29, 0.717) is 0 Å². The largest absolute Gasteiger partial charge is 0.458 e. The first kappa shape index (κ1) is 13.8. The van der Waals surface area contributed by atoms with Crippen molar-refractivity contribution in [3.63, 3.8) is 0 Å². The maximum atomic E-state index is 5.81. The van der Waals surface area contributed by atoms with Crippen LogP contribution in [0.3, 0.4) is 0 Å². The second-order valence-electron chi connectivity index (χ2n) is 5.91. The molecular formula is C20H18N2O. The van der Waals surface area contributed by atoms with E-state index in [2.05, 4.69) is 41.8 Å². The lowest BCUT2D eigenvalue weighted by Gasteiger charge is -2.08. The highest BCUT2D eigenvalue weighted by molar-refractivity contribution is 5.79. The number of hydrogen-bond acceptors (Lipinski definition) is 2. The molecule has 0 saturated heterocycles. The smallest absolute Gasteiger partial charge is 0.177 e. The minimum atomic E-state index is 0.774. The number of hydrogen-bond donors (Lipinski definition) is 0. The molecule has 0 aliphatic heterocycles. The molecule has 0 fully saturated rings. The summed E-state index contributed by atoms with van der Waals surface area (Å²) in [6, 6.07) is 20.8. The fourth-order valence-electron chi connectivity index (χ4n) is 2.85. The van der Waals surface area contributed by atoms with Crippen LogP contribution in [0.15, 0.2) is 65.1 Å². The lowest BCUT2D eigenvalue weighted by Crippen LogP contribution is -2.01. The molecule has 0 bridgehead atoms. The van der Waals surface area contributed by atoms with Crippen LogP contribution in [0.5, 0.6) is 0 Å². The molecule has 0 N–H and O–H groups in total. The van der Waals surface area contributed by atoms with Crippen molar-refractivity contribution < 1.29 is 4.42 Å². The van der Waals surface area contributed by atoms with Crippen LogP contribution >= 0.6 is 0 Å². The van der Waals surface area contributed by atoms with Gasteiger partial charge >= 0.3 is 0 Å². The van der Waals surface area contributed by atoms with Gasteiger partial charge in [0.15, 0.2) is 11.6 Å². The molecule has 2 aromatic heterocycles. The van der Waals surface area contributed by atoms with Crippen molar-refractivity contribution in [2.45, 2.75) is 20.4 Å². The van der Waals surface area contributed by atoms with Crippen LogP contribution in [-0.4, -0.2) is 9.55 Å². The topological polar surface area (TPSA) is 31.0 Å². The summed E-state index contributed by atoms with van der Waals surface area (Å²) in [5, 5.41) is 0. The quantitative estimate of drug-likeness (QED) is 0.535. The molecule has 23 heavy (non-hydrogen) atoms. The molecule has 0 aliphatic rings. The van der Waals surface area contributed by atoms with Gasteiger partial charge in [-0.25, -0.2) is 4.98 Å². The van der Waals surface area contributed by atoms with Gasteiger partial charge in [0, 0.05) is 6.54 Å². The summed E-state index contributed by atoms with van der Waals surface area (Å²) in [6.07, 6.45) is 0. The van der Waals surface area contributed by atoms with Crippen molar-refractivity contribution in [1.82, 2.24) is 9.55 Å². The minimum Gasteiger partial charge on any atom is -0.458 e. The Morgan fingerprint density at radius 3 is 2.43 bits per heavy atom. The summed E-state index contributed by atoms with van der Waals surface area (Å²) in [7, 11) is 0. The van der Waals surface area contributed by atoms with Crippen molar-refractivity contribution in [3.05, 3.63) is 77.6 Å². The summed E-state index contributed by atoms with van der Waals surface area (Å²) in [6.45, 7) is 4.83. The summed E-state index contributed by atoms with van der Waals surface area (Å²) in [4.78, 5) is 4.78. The Kier molecular flexibility index (Phi) is 3.27. The maximum absolute atomic E-state index is 5.81. The highest BCUT2D eigenvalue weighted by atomic mass is 16.3. The van der Waals surface area contributed by atoms with Crippen LogP contribution in [0.4, 0.5) is 0 Å². The number of aromatic nitrogens is 2. The molecule has 0 saturated carbocycles. The van der Waals surface area contributed by atoms with Gasteiger partial charge in [-0.2, -0.15) is 0 Å². The highest BCUT2D eigenvalue weighted by Gasteiger charge is 2.15. The molecule has 3 nitrogen and oxygen atoms in total. The highest BCUT2D eigenvalue weighted by Crippen LogP contribution is 2.27. The van der Waals surface area contributed by atoms with Gasteiger partial charge in [0.1, 0.15) is 5.76 Å². The van der Waals surface area contributed by atoms with Gasteiger partial charge in [-0.1, -0.05) is 42.0 Å². The lowest BCUT2D eigenvalue weighted by molar-refractivity contribution is 0.540. The second kappa shape index (κ2) is 5.43. The first-order valence-electron chi connectivity index (χ1n) is 7.78. The van der Waals surface area contributed by atoms with Crippen LogP contribution in [0, 0.1) is 13.8 Å². The Balaban J connectivity index is 1.87. The van der Waals surface area contributed by atoms with E-state index in [-0.39, 0.29) is 0 Å². The number of nitrogens with zero attached hydrogens (tertiary/aromatic N) is 2. The fraction of sp³-hybridized carbons (Fsp3) is 0.150. The zero-order chi connectivity index (χ0) is 15.8. The summed E-state index contributed by atoms with van der Waals surface area (Å²) in [5.74, 6) is 2.58. The number of imidazole rings is 1. The van der Waals surface area contributed by atoms with Crippen molar-refractivity contribution in [2.24, 2.45) is 0 Å². The van der Waals surface area contributed by atoms with Crippen LogP contribution in [0.25, 0.3) is 22.6 Å². The Labute approximate surface area is 135 Å². The summed E-state index contributed by atoms with van der Waals surface area (Å²) >= 11 is 0. The van der Waals surface area contributed by atoms with Crippen LogP contribution < -0.4 is 0 Å². The van der Waals surface area contributed by atoms with Gasteiger partial charge in [-0.05, 0) is 43.7 Å². The maximum Gasteiger partial charge on any atom is 0.177 e. The number of furan rings is 1. The SMILES string of the molecule is Cc1ccc(Cn2c(-c3ccc(C)o3)nc3ccccc32)cc1. The third-order valence-electron chi connectivity index (χ3n) is 4.08. The molecule has 0 amide bonds. The van der Waals surface area contributed by atoms with Crippen molar-refractivity contribution in [2.75, 3.05) is 0 Å². The average molecular weight is 302 g/mol. The summed E-state index contributed by atoms with van der Waals surface area (Å²) in [5.41, 5.74) is 4.63. The first-order chi connectivity index (χ1) is 11.2. The van der Waals surface area contributed by atoms with Gasteiger partial charge in [-0.3, -0.25) is 0 Å². The molecule has 114 valence electrons. The van der Waals surface area contributed by atoms with E-state index in [9.17, 15) is 0 Å². The van der Waals surface area contributed by atoms with Crippen LogP contribution in [0.1, 0.15) is 16.9 Å². The normalized spacial score (nSPS) is 11.2. The van der Waals surface area contributed by atoms with Gasteiger partial charge in [0.05, 0.1) is 11.0 Å². The monoisotopic (exact) mass is 302 g/mol.